The van der Waals surface area contributed by atoms with E-state index in [1.807, 2.05) is 13.1 Å². The standard InChI is InChI=1S/C15H30N4.HI/c1-4-6-11-19-12-8-7-9-14(19)13-18-15(16-3)17-10-5-2;/h5,14H,2,4,6-13H2,1,3H3,(H2,16,17,18);1H. The minimum atomic E-state index is 0. The monoisotopic (exact) mass is 394 g/mol. The van der Waals surface area contributed by atoms with Gasteiger partial charge in [0.2, 0.25) is 0 Å². The molecule has 0 aromatic carbocycles. The predicted octanol–water partition coefficient (Wildman–Crippen LogP) is 2.61. The molecule has 0 aliphatic carbocycles. The number of hydrogen-bond acceptors (Lipinski definition) is 2. The van der Waals surface area contributed by atoms with E-state index >= 15 is 0 Å². The van der Waals surface area contributed by atoms with Crippen LogP contribution in [0.3, 0.4) is 0 Å². The van der Waals surface area contributed by atoms with Crippen LogP contribution in [-0.4, -0.2) is 50.1 Å². The highest BCUT2D eigenvalue weighted by atomic mass is 127. The number of likely N-dealkylation sites (tertiary alicyclic amines) is 1. The third kappa shape index (κ3) is 7.47. The molecule has 0 spiro atoms. The summed E-state index contributed by atoms with van der Waals surface area (Å²) in [7, 11) is 1.81. The fourth-order valence-electron chi connectivity index (χ4n) is 2.55. The highest BCUT2D eigenvalue weighted by Gasteiger charge is 2.21. The van der Waals surface area contributed by atoms with E-state index in [1.165, 1.54) is 45.2 Å². The van der Waals surface area contributed by atoms with E-state index in [9.17, 15) is 0 Å². The first-order valence-electron chi connectivity index (χ1n) is 7.61. The molecular formula is C15H31IN4. The van der Waals surface area contributed by atoms with E-state index in [4.69, 9.17) is 0 Å². The Morgan fingerprint density at radius 3 is 2.85 bits per heavy atom. The molecule has 1 aliphatic rings. The van der Waals surface area contributed by atoms with Gasteiger partial charge in [-0.25, -0.2) is 0 Å². The van der Waals surface area contributed by atoms with Crippen LogP contribution in [0.5, 0.6) is 0 Å². The number of hydrogen-bond donors (Lipinski definition) is 2. The smallest absolute Gasteiger partial charge is 0.191 e. The van der Waals surface area contributed by atoms with Crippen molar-refractivity contribution in [2.45, 2.75) is 45.1 Å². The zero-order chi connectivity index (χ0) is 13.9. The number of unbranched alkanes of at least 4 members (excludes halogenated alkanes) is 1. The van der Waals surface area contributed by atoms with Crippen molar-refractivity contribution in [3.05, 3.63) is 12.7 Å². The van der Waals surface area contributed by atoms with E-state index in [0.29, 0.717) is 6.04 Å². The van der Waals surface area contributed by atoms with Gasteiger partial charge in [-0.15, -0.1) is 30.6 Å². The third-order valence-corrected chi connectivity index (χ3v) is 3.69. The second kappa shape index (κ2) is 12.4. The van der Waals surface area contributed by atoms with Crippen molar-refractivity contribution in [3.8, 4) is 0 Å². The summed E-state index contributed by atoms with van der Waals surface area (Å²) in [6.45, 7) is 10.2. The van der Waals surface area contributed by atoms with Crippen LogP contribution >= 0.6 is 24.0 Å². The molecule has 0 radical (unpaired) electrons. The van der Waals surface area contributed by atoms with Crippen LogP contribution in [0.15, 0.2) is 17.6 Å². The molecule has 1 fully saturated rings. The van der Waals surface area contributed by atoms with Crippen LogP contribution in [-0.2, 0) is 0 Å². The summed E-state index contributed by atoms with van der Waals surface area (Å²) < 4.78 is 0. The maximum absolute atomic E-state index is 4.23. The lowest BCUT2D eigenvalue weighted by atomic mass is 10.0. The number of halogens is 1. The molecule has 5 heteroatoms. The number of guanidine groups is 1. The van der Waals surface area contributed by atoms with E-state index < -0.39 is 0 Å². The Hall–Kier alpha value is -0.300. The van der Waals surface area contributed by atoms with Gasteiger partial charge in [0.15, 0.2) is 5.96 Å². The maximum atomic E-state index is 4.23. The highest BCUT2D eigenvalue weighted by molar-refractivity contribution is 14.0. The highest BCUT2D eigenvalue weighted by Crippen LogP contribution is 2.16. The average Bonchev–Trinajstić information content (AvgIpc) is 2.46. The predicted molar refractivity (Wildman–Crippen MR) is 99.1 cm³/mol. The van der Waals surface area contributed by atoms with E-state index in [1.54, 1.807) is 0 Å². The van der Waals surface area contributed by atoms with Crippen molar-refractivity contribution < 1.29 is 0 Å². The minimum Gasteiger partial charge on any atom is -0.355 e. The van der Waals surface area contributed by atoms with Crippen molar-refractivity contribution in [2.24, 2.45) is 4.99 Å². The molecule has 0 aromatic heterocycles. The lowest BCUT2D eigenvalue weighted by Crippen LogP contribution is -2.49. The third-order valence-electron chi connectivity index (χ3n) is 3.69. The van der Waals surface area contributed by atoms with Gasteiger partial charge >= 0.3 is 0 Å². The quantitative estimate of drug-likeness (QED) is 0.302. The van der Waals surface area contributed by atoms with Crippen molar-refractivity contribution in [1.82, 2.24) is 15.5 Å². The number of rotatable bonds is 7. The molecule has 0 aromatic rings. The Kier molecular flexibility index (Phi) is 12.3. The molecule has 1 saturated heterocycles. The molecule has 1 rings (SSSR count). The molecular weight excluding hydrogens is 363 g/mol. The van der Waals surface area contributed by atoms with Gasteiger partial charge in [0.25, 0.3) is 0 Å². The van der Waals surface area contributed by atoms with E-state index in [0.717, 1.165) is 19.0 Å². The van der Waals surface area contributed by atoms with Gasteiger partial charge in [0.05, 0.1) is 0 Å². The van der Waals surface area contributed by atoms with Crippen LogP contribution in [0.2, 0.25) is 0 Å². The molecule has 0 amide bonds. The number of piperidine rings is 1. The summed E-state index contributed by atoms with van der Waals surface area (Å²) in [5.41, 5.74) is 0. The molecule has 0 bridgehead atoms. The van der Waals surface area contributed by atoms with Crippen molar-refractivity contribution >= 4 is 29.9 Å². The number of aliphatic imine (C=N–C) groups is 1. The molecule has 4 nitrogen and oxygen atoms in total. The fourth-order valence-corrected chi connectivity index (χ4v) is 2.55. The SMILES string of the molecule is C=CCNC(=NC)NCC1CCCCN1CCCC.I. The summed E-state index contributed by atoms with van der Waals surface area (Å²) in [6, 6.07) is 0.655. The minimum absolute atomic E-state index is 0. The van der Waals surface area contributed by atoms with Gasteiger partial charge in [-0.3, -0.25) is 9.89 Å². The summed E-state index contributed by atoms with van der Waals surface area (Å²) in [5.74, 6) is 0.876. The average molecular weight is 394 g/mol. The van der Waals surface area contributed by atoms with Crippen LogP contribution in [0.1, 0.15) is 39.0 Å². The van der Waals surface area contributed by atoms with Gasteiger partial charge in [0, 0.05) is 26.2 Å². The molecule has 20 heavy (non-hydrogen) atoms. The molecule has 0 saturated carbocycles. The van der Waals surface area contributed by atoms with Crippen LogP contribution in [0.25, 0.3) is 0 Å². The van der Waals surface area contributed by atoms with Gasteiger partial charge in [-0.2, -0.15) is 0 Å². The fraction of sp³-hybridized carbons (Fsp3) is 0.800. The molecule has 1 heterocycles. The van der Waals surface area contributed by atoms with Gasteiger partial charge in [-0.05, 0) is 32.4 Å². The molecule has 1 unspecified atom stereocenters. The number of nitrogens with one attached hydrogen (secondary N) is 2. The summed E-state index contributed by atoms with van der Waals surface area (Å²) in [6.07, 6.45) is 8.44. The number of nitrogens with zero attached hydrogens (tertiary/aromatic N) is 2. The van der Waals surface area contributed by atoms with E-state index in [2.05, 4.69) is 34.0 Å². The first-order chi connectivity index (χ1) is 9.31. The topological polar surface area (TPSA) is 39.7 Å². The van der Waals surface area contributed by atoms with Crippen molar-refractivity contribution in [3.63, 3.8) is 0 Å². The van der Waals surface area contributed by atoms with Gasteiger partial charge in [-0.1, -0.05) is 25.8 Å². The van der Waals surface area contributed by atoms with Gasteiger partial charge in [0.1, 0.15) is 0 Å². The zero-order valence-corrected chi connectivity index (χ0v) is 15.4. The maximum Gasteiger partial charge on any atom is 0.191 e. The lowest BCUT2D eigenvalue weighted by molar-refractivity contribution is 0.147. The molecule has 1 atom stereocenters. The molecule has 1 aliphatic heterocycles. The molecule has 118 valence electrons. The first-order valence-corrected chi connectivity index (χ1v) is 7.61. The summed E-state index contributed by atoms with van der Waals surface area (Å²) in [5, 5.41) is 6.65. The second-order valence-electron chi connectivity index (χ2n) is 5.16. The Bertz CT molecular complexity index is 281. The normalized spacial score (nSPS) is 20.1. The lowest BCUT2D eigenvalue weighted by Gasteiger charge is -2.36. The summed E-state index contributed by atoms with van der Waals surface area (Å²) in [4.78, 5) is 6.86. The van der Waals surface area contributed by atoms with Crippen LogP contribution in [0, 0.1) is 0 Å². The second-order valence-corrected chi connectivity index (χ2v) is 5.16. The van der Waals surface area contributed by atoms with Crippen molar-refractivity contribution in [1.29, 1.82) is 0 Å². The Morgan fingerprint density at radius 1 is 1.40 bits per heavy atom. The summed E-state index contributed by atoms with van der Waals surface area (Å²) >= 11 is 0. The first kappa shape index (κ1) is 19.7. The largest absolute Gasteiger partial charge is 0.355 e. The van der Waals surface area contributed by atoms with E-state index in [-0.39, 0.29) is 24.0 Å². The Morgan fingerprint density at radius 2 is 2.20 bits per heavy atom. The van der Waals surface area contributed by atoms with Crippen LogP contribution in [0.4, 0.5) is 0 Å². The van der Waals surface area contributed by atoms with Gasteiger partial charge < -0.3 is 10.6 Å². The Labute approximate surface area is 141 Å². The zero-order valence-electron chi connectivity index (χ0n) is 13.0. The molecule has 2 N–H and O–H groups in total. The Balaban J connectivity index is 0.00000361. The van der Waals surface area contributed by atoms with Crippen molar-refractivity contribution in [2.75, 3.05) is 33.2 Å². The van der Waals surface area contributed by atoms with Crippen LogP contribution < -0.4 is 10.6 Å².